The van der Waals surface area contributed by atoms with E-state index in [2.05, 4.69) is 4.98 Å². The van der Waals surface area contributed by atoms with E-state index >= 15 is 0 Å². The Kier molecular flexibility index (Phi) is 3.17. The second-order valence-electron chi connectivity index (χ2n) is 4.14. The van der Waals surface area contributed by atoms with Gasteiger partial charge in [0.05, 0.1) is 0 Å². The molecule has 0 amide bonds. The third kappa shape index (κ3) is 2.37. The van der Waals surface area contributed by atoms with E-state index in [0.717, 1.165) is 5.56 Å². The van der Waals surface area contributed by atoms with Crippen molar-refractivity contribution in [3.05, 3.63) is 30.1 Å². The minimum Gasteiger partial charge on any atom is -0.480 e. The summed E-state index contributed by atoms with van der Waals surface area (Å²) >= 11 is 0. The van der Waals surface area contributed by atoms with Gasteiger partial charge >= 0.3 is 5.97 Å². The first-order valence-electron chi connectivity index (χ1n) is 5.28. The SMILES string of the molecule is NC1CC(C(=O)O)N(Cc2cccnc2)C1. The summed E-state index contributed by atoms with van der Waals surface area (Å²) in [6.07, 6.45) is 3.98. The molecule has 2 rings (SSSR count). The first-order chi connectivity index (χ1) is 7.66. The van der Waals surface area contributed by atoms with Gasteiger partial charge < -0.3 is 10.8 Å². The number of rotatable bonds is 3. The van der Waals surface area contributed by atoms with Crippen LogP contribution in [0.3, 0.4) is 0 Å². The minimum absolute atomic E-state index is 0.0437. The molecular formula is C11H15N3O2. The predicted octanol–water partition coefficient (Wildman–Crippen LogP) is 0.0678. The van der Waals surface area contributed by atoms with Gasteiger partial charge in [-0.1, -0.05) is 6.07 Å². The number of likely N-dealkylation sites (tertiary alicyclic amines) is 1. The third-order valence-corrected chi connectivity index (χ3v) is 2.83. The van der Waals surface area contributed by atoms with Crippen molar-refractivity contribution in [2.45, 2.75) is 25.0 Å². The summed E-state index contributed by atoms with van der Waals surface area (Å²) in [5.74, 6) is -0.795. The van der Waals surface area contributed by atoms with Gasteiger partial charge in [0.2, 0.25) is 0 Å². The van der Waals surface area contributed by atoms with Crippen LogP contribution < -0.4 is 5.73 Å². The normalized spacial score (nSPS) is 25.8. The van der Waals surface area contributed by atoms with Gasteiger partial charge in [0, 0.05) is 31.5 Å². The molecule has 0 radical (unpaired) electrons. The number of nitrogens with zero attached hydrogens (tertiary/aromatic N) is 2. The lowest BCUT2D eigenvalue weighted by molar-refractivity contribution is -0.142. The van der Waals surface area contributed by atoms with Gasteiger partial charge in [0.15, 0.2) is 0 Å². The van der Waals surface area contributed by atoms with E-state index in [0.29, 0.717) is 19.5 Å². The van der Waals surface area contributed by atoms with Crippen molar-refractivity contribution in [2.75, 3.05) is 6.54 Å². The molecular weight excluding hydrogens is 206 g/mol. The molecule has 0 spiro atoms. The topological polar surface area (TPSA) is 79.5 Å². The molecule has 2 atom stereocenters. The number of carboxylic acid groups (broad SMARTS) is 1. The highest BCUT2D eigenvalue weighted by Crippen LogP contribution is 2.19. The Morgan fingerprint density at radius 3 is 3.12 bits per heavy atom. The molecule has 3 N–H and O–H groups in total. The van der Waals surface area contributed by atoms with Gasteiger partial charge in [-0.05, 0) is 18.1 Å². The van der Waals surface area contributed by atoms with Crippen molar-refractivity contribution in [3.8, 4) is 0 Å². The molecule has 1 fully saturated rings. The minimum atomic E-state index is -0.795. The van der Waals surface area contributed by atoms with Crippen molar-refractivity contribution < 1.29 is 9.90 Å². The Hall–Kier alpha value is -1.46. The largest absolute Gasteiger partial charge is 0.480 e. The second-order valence-corrected chi connectivity index (χ2v) is 4.14. The van der Waals surface area contributed by atoms with E-state index in [1.165, 1.54) is 0 Å². The molecule has 1 aliphatic heterocycles. The number of hydrogen-bond acceptors (Lipinski definition) is 4. The zero-order chi connectivity index (χ0) is 11.5. The summed E-state index contributed by atoms with van der Waals surface area (Å²) < 4.78 is 0. The van der Waals surface area contributed by atoms with E-state index < -0.39 is 12.0 Å². The molecule has 1 aromatic rings. The molecule has 2 heterocycles. The Morgan fingerprint density at radius 2 is 2.50 bits per heavy atom. The van der Waals surface area contributed by atoms with Crippen LogP contribution in [-0.4, -0.2) is 39.6 Å². The second kappa shape index (κ2) is 4.59. The van der Waals surface area contributed by atoms with Gasteiger partial charge in [0.25, 0.3) is 0 Å². The molecule has 1 saturated heterocycles. The van der Waals surface area contributed by atoms with Crippen LogP contribution in [-0.2, 0) is 11.3 Å². The maximum Gasteiger partial charge on any atom is 0.320 e. The average Bonchev–Trinajstić information content (AvgIpc) is 2.61. The average molecular weight is 221 g/mol. The zero-order valence-corrected chi connectivity index (χ0v) is 8.91. The van der Waals surface area contributed by atoms with Crippen LogP contribution in [0, 0.1) is 0 Å². The molecule has 5 heteroatoms. The maximum absolute atomic E-state index is 11.0. The molecule has 0 bridgehead atoms. The van der Waals surface area contributed by atoms with E-state index in [1.807, 2.05) is 17.0 Å². The molecule has 0 aliphatic carbocycles. The summed E-state index contributed by atoms with van der Waals surface area (Å²) in [4.78, 5) is 16.9. The number of pyridine rings is 1. The lowest BCUT2D eigenvalue weighted by atomic mass is 10.2. The van der Waals surface area contributed by atoms with Crippen molar-refractivity contribution in [3.63, 3.8) is 0 Å². The Labute approximate surface area is 93.9 Å². The highest BCUT2D eigenvalue weighted by atomic mass is 16.4. The van der Waals surface area contributed by atoms with Crippen LogP contribution >= 0.6 is 0 Å². The first kappa shape index (κ1) is 11.0. The lowest BCUT2D eigenvalue weighted by Crippen LogP contribution is -2.35. The Balaban J connectivity index is 2.06. The zero-order valence-electron chi connectivity index (χ0n) is 8.91. The predicted molar refractivity (Wildman–Crippen MR) is 58.7 cm³/mol. The number of nitrogens with two attached hydrogens (primary N) is 1. The monoisotopic (exact) mass is 221 g/mol. The van der Waals surface area contributed by atoms with Crippen molar-refractivity contribution in [2.24, 2.45) is 5.73 Å². The standard InChI is InChI=1S/C11H15N3O2/c12-9-4-10(11(15)16)14(7-9)6-8-2-1-3-13-5-8/h1-3,5,9-10H,4,6-7,12H2,(H,15,16). The Bertz CT molecular complexity index is 369. The highest BCUT2D eigenvalue weighted by Gasteiger charge is 2.34. The smallest absolute Gasteiger partial charge is 0.320 e. The van der Waals surface area contributed by atoms with E-state index in [4.69, 9.17) is 10.8 Å². The van der Waals surface area contributed by atoms with Crippen LogP contribution in [0.15, 0.2) is 24.5 Å². The molecule has 0 aromatic carbocycles. The van der Waals surface area contributed by atoms with E-state index in [1.54, 1.807) is 12.4 Å². The molecule has 2 unspecified atom stereocenters. The molecule has 16 heavy (non-hydrogen) atoms. The number of aliphatic carboxylic acids is 1. The van der Waals surface area contributed by atoms with Crippen LogP contribution in [0.5, 0.6) is 0 Å². The first-order valence-corrected chi connectivity index (χ1v) is 5.28. The highest BCUT2D eigenvalue weighted by molar-refractivity contribution is 5.74. The summed E-state index contributed by atoms with van der Waals surface area (Å²) in [6, 6.07) is 3.28. The van der Waals surface area contributed by atoms with Crippen molar-refractivity contribution in [1.29, 1.82) is 0 Å². The number of carboxylic acids is 1. The van der Waals surface area contributed by atoms with Gasteiger partial charge in [-0.3, -0.25) is 14.7 Å². The lowest BCUT2D eigenvalue weighted by Gasteiger charge is -2.20. The summed E-state index contributed by atoms with van der Waals surface area (Å²) in [7, 11) is 0. The van der Waals surface area contributed by atoms with Crippen LogP contribution in [0.4, 0.5) is 0 Å². The molecule has 0 saturated carbocycles. The quantitative estimate of drug-likeness (QED) is 0.755. The van der Waals surface area contributed by atoms with Gasteiger partial charge in [-0.2, -0.15) is 0 Å². The van der Waals surface area contributed by atoms with E-state index in [9.17, 15) is 4.79 Å². The molecule has 1 aromatic heterocycles. The molecule has 1 aliphatic rings. The number of aromatic nitrogens is 1. The molecule has 86 valence electrons. The van der Waals surface area contributed by atoms with E-state index in [-0.39, 0.29) is 6.04 Å². The Morgan fingerprint density at radius 1 is 1.69 bits per heavy atom. The number of carbonyl (C=O) groups is 1. The fourth-order valence-electron chi connectivity index (χ4n) is 2.10. The van der Waals surface area contributed by atoms with Gasteiger partial charge in [-0.15, -0.1) is 0 Å². The summed E-state index contributed by atoms with van der Waals surface area (Å²) in [6.45, 7) is 1.23. The van der Waals surface area contributed by atoms with Crippen LogP contribution in [0.2, 0.25) is 0 Å². The fraction of sp³-hybridized carbons (Fsp3) is 0.455. The third-order valence-electron chi connectivity index (χ3n) is 2.83. The fourth-order valence-corrected chi connectivity index (χ4v) is 2.10. The van der Waals surface area contributed by atoms with Crippen molar-refractivity contribution in [1.82, 2.24) is 9.88 Å². The van der Waals surface area contributed by atoms with Gasteiger partial charge in [-0.25, -0.2) is 0 Å². The van der Waals surface area contributed by atoms with Crippen molar-refractivity contribution >= 4 is 5.97 Å². The summed E-state index contributed by atoms with van der Waals surface area (Å²) in [5, 5.41) is 9.07. The van der Waals surface area contributed by atoms with Gasteiger partial charge in [0.1, 0.15) is 6.04 Å². The summed E-state index contributed by atoms with van der Waals surface area (Å²) in [5.41, 5.74) is 6.80. The van der Waals surface area contributed by atoms with Crippen LogP contribution in [0.1, 0.15) is 12.0 Å². The number of hydrogen-bond donors (Lipinski definition) is 2. The van der Waals surface area contributed by atoms with Crippen LogP contribution in [0.25, 0.3) is 0 Å². The maximum atomic E-state index is 11.0. The molecule has 5 nitrogen and oxygen atoms in total.